The van der Waals surface area contributed by atoms with Crippen LogP contribution >= 0.6 is 34.7 Å². The van der Waals surface area contributed by atoms with Crippen LogP contribution in [0.4, 0.5) is 5.13 Å². The minimum Gasteiger partial charge on any atom is -0.300 e. The lowest BCUT2D eigenvalue weighted by Gasteiger charge is -2.12. The molecule has 1 aromatic heterocycles. The molecular formula is C22H24ClN3OS2. The van der Waals surface area contributed by atoms with Gasteiger partial charge in [-0.3, -0.25) is 10.1 Å². The Kier molecular flexibility index (Phi) is 7.70. The zero-order chi connectivity index (χ0) is 20.8. The van der Waals surface area contributed by atoms with Gasteiger partial charge in [-0.2, -0.15) is 0 Å². The summed E-state index contributed by atoms with van der Waals surface area (Å²) in [6, 6.07) is 16.0. The lowest BCUT2D eigenvalue weighted by molar-refractivity contribution is -0.117. The molecule has 29 heavy (non-hydrogen) atoms. The molecule has 0 spiro atoms. The average Bonchev–Trinajstić information content (AvgIpc) is 3.14. The van der Waals surface area contributed by atoms with Crippen LogP contribution in [-0.2, 0) is 17.0 Å². The van der Waals surface area contributed by atoms with Crippen molar-refractivity contribution in [1.29, 1.82) is 0 Å². The highest BCUT2D eigenvalue weighted by Gasteiger charge is 2.17. The molecule has 1 heterocycles. The molecule has 1 amide bonds. The predicted molar refractivity (Wildman–Crippen MR) is 123 cm³/mol. The molecule has 152 valence electrons. The summed E-state index contributed by atoms with van der Waals surface area (Å²) in [5.74, 6) is 0.983. The van der Waals surface area contributed by atoms with Crippen LogP contribution in [0.3, 0.4) is 0 Å². The summed E-state index contributed by atoms with van der Waals surface area (Å²) in [6.45, 7) is 6.31. The monoisotopic (exact) mass is 445 g/mol. The average molecular weight is 446 g/mol. The SMILES string of the molecule is CC(C)Cc1ccc([C@H](C)C(=O)Nc2nnc(SCc3ccccc3Cl)s2)cc1. The number of carbonyl (C=O) groups is 1. The Balaban J connectivity index is 1.56. The fraction of sp³-hybridized carbons (Fsp3) is 0.318. The van der Waals surface area contributed by atoms with E-state index in [0.29, 0.717) is 16.8 Å². The van der Waals surface area contributed by atoms with Crippen molar-refractivity contribution in [3.8, 4) is 0 Å². The molecule has 0 aliphatic rings. The standard InChI is InChI=1S/C22H24ClN3OS2/c1-14(2)12-16-8-10-17(11-9-16)15(3)20(27)24-21-25-26-22(29-21)28-13-18-6-4-5-7-19(18)23/h4-11,14-15H,12-13H2,1-3H3,(H,24,25,27)/t15-/m0/s1. The molecule has 0 bridgehead atoms. The minimum atomic E-state index is -0.258. The van der Waals surface area contributed by atoms with Gasteiger partial charge in [-0.1, -0.05) is 91.0 Å². The van der Waals surface area contributed by atoms with Gasteiger partial charge in [0.05, 0.1) is 5.92 Å². The van der Waals surface area contributed by atoms with Gasteiger partial charge >= 0.3 is 0 Å². The summed E-state index contributed by atoms with van der Waals surface area (Å²) in [5, 5.41) is 12.4. The highest BCUT2D eigenvalue weighted by molar-refractivity contribution is 8.00. The second-order valence-corrected chi connectivity index (χ2v) is 9.91. The van der Waals surface area contributed by atoms with Crippen molar-refractivity contribution in [1.82, 2.24) is 10.2 Å². The number of hydrogen-bond acceptors (Lipinski definition) is 5. The first kappa shape index (κ1) is 21.8. The summed E-state index contributed by atoms with van der Waals surface area (Å²) in [4.78, 5) is 12.6. The van der Waals surface area contributed by atoms with Crippen molar-refractivity contribution in [3.05, 3.63) is 70.2 Å². The number of carbonyl (C=O) groups excluding carboxylic acids is 1. The summed E-state index contributed by atoms with van der Waals surface area (Å²) >= 11 is 9.12. The Hall–Kier alpha value is -1.89. The topological polar surface area (TPSA) is 54.9 Å². The molecule has 0 aliphatic heterocycles. The van der Waals surface area contributed by atoms with E-state index in [0.717, 1.165) is 26.9 Å². The van der Waals surface area contributed by atoms with Crippen molar-refractivity contribution >= 4 is 45.7 Å². The van der Waals surface area contributed by atoms with Crippen LogP contribution in [0.15, 0.2) is 52.9 Å². The highest BCUT2D eigenvalue weighted by Crippen LogP contribution is 2.31. The fourth-order valence-electron chi connectivity index (χ4n) is 2.85. The number of nitrogens with zero attached hydrogens (tertiary/aromatic N) is 2. The number of halogens is 1. The van der Waals surface area contributed by atoms with Crippen LogP contribution in [-0.4, -0.2) is 16.1 Å². The fourth-order valence-corrected chi connectivity index (χ4v) is 4.89. The number of anilines is 1. The summed E-state index contributed by atoms with van der Waals surface area (Å²) in [7, 11) is 0. The molecule has 0 fully saturated rings. The first-order valence-electron chi connectivity index (χ1n) is 9.51. The molecule has 1 N–H and O–H groups in total. The molecule has 0 aliphatic carbocycles. The van der Waals surface area contributed by atoms with E-state index in [1.165, 1.54) is 16.9 Å². The molecule has 1 atom stereocenters. The number of benzene rings is 2. The molecule has 4 nitrogen and oxygen atoms in total. The van der Waals surface area contributed by atoms with E-state index in [4.69, 9.17) is 11.6 Å². The molecule has 0 saturated heterocycles. The number of hydrogen-bond donors (Lipinski definition) is 1. The third-order valence-electron chi connectivity index (χ3n) is 4.46. The largest absolute Gasteiger partial charge is 0.300 e. The maximum atomic E-state index is 12.6. The molecule has 7 heteroatoms. The van der Waals surface area contributed by atoms with Crippen LogP contribution in [0.25, 0.3) is 0 Å². The Labute approximate surface area is 185 Å². The number of thioether (sulfide) groups is 1. The maximum Gasteiger partial charge on any atom is 0.233 e. The van der Waals surface area contributed by atoms with Gasteiger partial charge in [-0.15, -0.1) is 10.2 Å². The lowest BCUT2D eigenvalue weighted by Crippen LogP contribution is -2.18. The van der Waals surface area contributed by atoms with E-state index < -0.39 is 0 Å². The van der Waals surface area contributed by atoms with Crippen molar-refractivity contribution in [3.63, 3.8) is 0 Å². The molecule has 2 aromatic carbocycles. The van der Waals surface area contributed by atoms with Gasteiger partial charge in [-0.05, 0) is 42.0 Å². The molecular weight excluding hydrogens is 422 g/mol. The minimum absolute atomic E-state index is 0.0830. The number of amides is 1. The summed E-state index contributed by atoms with van der Waals surface area (Å²) in [5.41, 5.74) is 3.34. The van der Waals surface area contributed by atoms with Crippen molar-refractivity contribution < 1.29 is 4.79 Å². The zero-order valence-corrected chi connectivity index (χ0v) is 19.1. The molecule has 3 aromatic rings. The van der Waals surface area contributed by atoms with E-state index >= 15 is 0 Å². The van der Waals surface area contributed by atoms with E-state index in [9.17, 15) is 4.79 Å². The molecule has 0 radical (unpaired) electrons. The summed E-state index contributed by atoms with van der Waals surface area (Å²) < 4.78 is 0.797. The van der Waals surface area contributed by atoms with Crippen LogP contribution in [0.2, 0.25) is 5.02 Å². The van der Waals surface area contributed by atoms with Gasteiger partial charge < -0.3 is 0 Å². The van der Waals surface area contributed by atoms with Crippen molar-refractivity contribution in [2.75, 3.05) is 5.32 Å². The van der Waals surface area contributed by atoms with Gasteiger partial charge in [0, 0.05) is 10.8 Å². The van der Waals surface area contributed by atoms with E-state index in [1.807, 2.05) is 43.3 Å². The maximum absolute atomic E-state index is 12.6. The second-order valence-electron chi connectivity index (χ2n) is 7.30. The number of nitrogens with one attached hydrogen (secondary N) is 1. The number of rotatable bonds is 8. The Bertz CT molecular complexity index is 957. The van der Waals surface area contributed by atoms with Gasteiger partial charge in [-0.25, -0.2) is 0 Å². The van der Waals surface area contributed by atoms with E-state index in [1.54, 1.807) is 11.8 Å². The smallest absolute Gasteiger partial charge is 0.233 e. The Morgan fingerprint density at radius 2 is 1.83 bits per heavy atom. The second kappa shape index (κ2) is 10.2. The zero-order valence-electron chi connectivity index (χ0n) is 16.7. The van der Waals surface area contributed by atoms with Crippen LogP contribution in [0.5, 0.6) is 0 Å². The van der Waals surface area contributed by atoms with Gasteiger partial charge in [0.15, 0.2) is 4.34 Å². The molecule has 0 saturated carbocycles. The van der Waals surface area contributed by atoms with Gasteiger partial charge in [0.2, 0.25) is 11.0 Å². The van der Waals surface area contributed by atoms with E-state index in [2.05, 4.69) is 41.5 Å². The van der Waals surface area contributed by atoms with Gasteiger partial charge in [0.1, 0.15) is 0 Å². The van der Waals surface area contributed by atoms with E-state index in [-0.39, 0.29) is 11.8 Å². The molecule has 3 rings (SSSR count). The van der Waals surface area contributed by atoms with Gasteiger partial charge in [0.25, 0.3) is 0 Å². The highest BCUT2D eigenvalue weighted by atomic mass is 35.5. The lowest BCUT2D eigenvalue weighted by atomic mass is 9.96. The van der Waals surface area contributed by atoms with Crippen molar-refractivity contribution in [2.24, 2.45) is 5.92 Å². The number of aromatic nitrogens is 2. The first-order valence-corrected chi connectivity index (χ1v) is 11.7. The normalized spacial score (nSPS) is 12.2. The van der Waals surface area contributed by atoms with Crippen LogP contribution in [0, 0.1) is 5.92 Å². The Morgan fingerprint density at radius 1 is 1.10 bits per heavy atom. The summed E-state index contributed by atoms with van der Waals surface area (Å²) in [6.07, 6.45) is 1.04. The van der Waals surface area contributed by atoms with Crippen LogP contribution in [0.1, 0.15) is 43.4 Å². The molecule has 0 unspecified atom stereocenters. The third-order valence-corrected chi connectivity index (χ3v) is 6.85. The predicted octanol–water partition coefficient (Wildman–Crippen LogP) is 6.42. The Morgan fingerprint density at radius 3 is 2.52 bits per heavy atom. The first-order chi connectivity index (χ1) is 13.9. The quantitative estimate of drug-likeness (QED) is 0.321. The van der Waals surface area contributed by atoms with Crippen LogP contribution < -0.4 is 5.32 Å². The van der Waals surface area contributed by atoms with Crippen molar-refractivity contribution in [2.45, 2.75) is 43.2 Å². The third kappa shape index (κ3) is 6.29.